The Morgan fingerprint density at radius 2 is 2.26 bits per heavy atom. The number of amides is 1. The van der Waals surface area contributed by atoms with E-state index in [9.17, 15) is 4.79 Å². The molecule has 3 heterocycles. The van der Waals surface area contributed by atoms with Crippen LogP contribution in [0.15, 0.2) is 48.9 Å². The lowest BCUT2D eigenvalue weighted by Crippen LogP contribution is -2.40. The van der Waals surface area contributed by atoms with E-state index in [1.807, 2.05) is 36.5 Å². The molecule has 116 valence electrons. The summed E-state index contributed by atoms with van der Waals surface area (Å²) in [7, 11) is 0. The normalized spacial score (nSPS) is 16.6. The van der Waals surface area contributed by atoms with Gasteiger partial charge < -0.3 is 10.1 Å². The molecule has 1 aromatic carbocycles. The van der Waals surface area contributed by atoms with Gasteiger partial charge >= 0.3 is 0 Å². The minimum atomic E-state index is -0.445. The summed E-state index contributed by atoms with van der Waals surface area (Å²) in [5.41, 5.74) is 2.79. The number of aryl methyl sites for hydroxylation is 1. The summed E-state index contributed by atoms with van der Waals surface area (Å²) >= 11 is 0. The van der Waals surface area contributed by atoms with Crippen molar-refractivity contribution in [3.05, 3.63) is 60.0 Å². The number of nitrogens with zero attached hydrogens (tertiary/aromatic N) is 3. The fraction of sp³-hybridized carbons (Fsp3) is 0.235. The van der Waals surface area contributed by atoms with E-state index >= 15 is 0 Å². The zero-order valence-electron chi connectivity index (χ0n) is 12.5. The lowest BCUT2D eigenvalue weighted by molar-refractivity contribution is -0.128. The van der Waals surface area contributed by atoms with Gasteiger partial charge in [-0.2, -0.15) is 5.10 Å². The van der Waals surface area contributed by atoms with Gasteiger partial charge in [-0.15, -0.1) is 0 Å². The molecule has 3 aromatic rings. The number of rotatable bonds is 3. The van der Waals surface area contributed by atoms with E-state index in [0.717, 1.165) is 28.9 Å². The zero-order chi connectivity index (χ0) is 15.6. The first-order valence-electron chi connectivity index (χ1n) is 7.61. The van der Waals surface area contributed by atoms with E-state index < -0.39 is 6.10 Å². The molecule has 6 heteroatoms. The Kier molecular flexibility index (Phi) is 3.42. The SMILES string of the molecule is O=C(NCc1cnn2cccnc12)[C@H]1CCc2ccccc2O1. The average Bonchev–Trinajstić information content (AvgIpc) is 3.02. The number of carbonyl (C=O) groups is 1. The number of fused-ring (bicyclic) bond motifs is 2. The molecule has 0 fully saturated rings. The highest BCUT2D eigenvalue weighted by molar-refractivity contribution is 5.81. The summed E-state index contributed by atoms with van der Waals surface area (Å²) in [5, 5.41) is 7.13. The molecule has 0 unspecified atom stereocenters. The molecule has 2 aromatic heterocycles. The van der Waals surface area contributed by atoms with Crippen LogP contribution >= 0.6 is 0 Å². The lowest BCUT2D eigenvalue weighted by Gasteiger charge is -2.25. The molecule has 0 saturated heterocycles. The summed E-state index contributed by atoms with van der Waals surface area (Å²) in [5.74, 6) is 0.700. The third kappa shape index (κ3) is 2.63. The first kappa shape index (κ1) is 13.8. The summed E-state index contributed by atoms with van der Waals surface area (Å²) in [4.78, 5) is 16.6. The topological polar surface area (TPSA) is 68.5 Å². The maximum Gasteiger partial charge on any atom is 0.261 e. The van der Waals surface area contributed by atoms with Crippen molar-refractivity contribution in [3.63, 3.8) is 0 Å². The van der Waals surface area contributed by atoms with Gasteiger partial charge in [-0.1, -0.05) is 18.2 Å². The number of carbonyl (C=O) groups excluding carboxylic acids is 1. The van der Waals surface area contributed by atoms with Crippen LogP contribution in [0.25, 0.3) is 5.65 Å². The molecule has 0 spiro atoms. The van der Waals surface area contributed by atoms with Gasteiger partial charge in [0.05, 0.1) is 6.20 Å². The number of para-hydroxylation sites is 1. The summed E-state index contributed by atoms with van der Waals surface area (Å²) in [6.07, 6.45) is 6.36. The Morgan fingerprint density at radius 1 is 1.35 bits per heavy atom. The minimum absolute atomic E-state index is 0.102. The zero-order valence-corrected chi connectivity index (χ0v) is 12.5. The van der Waals surface area contributed by atoms with E-state index in [0.29, 0.717) is 13.0 Å². The van der Waals surface area contributed by atoms with Gasteiger partial charge in [0.2, 0.25) is 0 Å². The largest absolute Gasteiger partial charge is 0.480 e. The van der Waals surface area contributed by atoms with Gasteiger partial charge in [0, 0.05) is 24.5 Å². The van der Waals surface area contributed by atoms with E-state index in [1.54, 1.807) is 16.9 Å². The smallest absolute Gasteiger partial charge is 0.261 e. The first-order chi connectivity index (χ1) is 11.3. The molecule has 0 bridgehead atoms. The number of hydrogen-bond donors (Lipinski definition) is 1. The molecule has 4 rings (SSSR count). The highest BCUT2D eigenvalue weighted by Crippen LogP contribution is 2.27. The average molecular weight is 308 g/mol. The van der Waals surface area contributed by atoms with Crippen LogP contribution in [0.5, 0.6) is 5.75 Å². The second-order valence-corrected chi connectivity index (χ2v) is 5.53. The van der Waals surface area contributed by atoms with Crippen LogP contribution < -0.4 is 10.1 Å². The maximum absolute atomic E-state index is 12.4. The second kappa shape index (κ2) is 5.72. The predicted molar refractivity (Wildman–Crippen MR) is 84.0 cm³/mol. The van der Waals surface area contributed by atoms with Gasteiger partial charge in [-0.25, -0.2) is 9.50 Å². The predicted octanol–water partition coefficient (Wildman–Crippen LogP) is 1.74. The Hall–Kier alpha value is -2.89. The van der Waals surface area contributed by atoms with Crippen LogP contribution in [-0.2, 0) is 17.8 Å². The van der Waals surface area contributed by atoms with Crippen LogP contribution in [0.3, 0.4) is 0 Å². The van der Waals surface area contributed by atoms with Crippen molar-refractivity contribution in [1.82, 2.24) is 19.9 Å². The molecule has 0 radical (unpaired) electrons. The molecule has 23 heavy (non-hydrogen) atoms. The van der Waals surface area contributed by atoms with E-state index in [4.69, 9.17) is 4.74 Å². The Bertz CT molecular complexity index is 858. The monoisotopic (exact) mass is 308 g/mol. The Labute approximate surface area is 133 Å². The van der Waals surface area contributed by atoms with Crippen molar-refractivity contribution in [2.45, 2.75) is 25.5 Å². The molecule has 1 atom stereocenters. The highest BCUT2D eigenvalue weighted by Gasteiger charge is 2.25. The molecule has 6 nitrogen and oxygen atoms in total. The molecule has 1 aliphatic heterocycles. The Balaban J connectivity index is 1.43. The minimum Gasteiger partial charge on any atom is -0.480 e. The standard InChI is InChI=1S/C17H16N4O2/c22-17(15-7-6-12-4-1-2-5-14(12)23-15)19-10-13-11-20-21-9-3-8-18-16(13)21/h1-5,8-9,11,15H,6-7,10H2,(H,19,22)/t15-/m1/s1. The number of hydrogen-bond acceptors (Lipinski definition) is 4. The van der Waals surface area contributed by atoms with Crippen molar-refractivity contribution < 1.29 is 9.53 Å². The van der Waals surface area contributed by atoms with Crippen LogP contribution in [0.2, 0.25) is 0 Å². The van der Waals surface area contributed by atoms with Gasteiger partial charge in [0.25, 0.3) is 5.91 Å². The van der Waals surface area contributed by atoms with Crippen molar-refractivity contribution in [1.29, 1.82) is 0 Å². The first-order valence-corrected chi connectivity index (χ1v) is 7.61. The van der Waals surface area contributed by atoms with Gasteiger partial charge in [-0.3, -0.25) is 4.79 Å². The van der Waals surface area contributed by atoms with Gasteiger partial charge in [0.1, 0.15) is 5.75 Å². The number of aromatic nitrogens is 3. The lowest BCUT2D eigenvalue weighted by atomic mass is 10.0. The molecule has 1 amide bonds. The molecule has 0 saturated carbocycles. The summed E-state index contributed by atoms with van der Waals surface area (Å²) in [6.45, 7) is 0.390. The maximum atomic E-state index is 12.4. The third-order valence-electron chi connectivity index (χ3n) is 4.02. The van der Waals surface area contributed by atoms with Crippen molar-refractivity contribution in [2.75, 3.05) is 0 Å². The summed E-state index contributed by atoms with van der Waals surface area (Å²) in [6, 6.07) is 9.66. The fourth-order valence-electron chi connectivity index (χ4n) is 2.81. The Morgan fingerprint density at radius 3 is 3.22 bits per heavy atom. The van der Waals surface area contributed by atoms with Crippen molar-refractivity contribution in [2.24, 2.45) is 0 Å². The van der Waals surface area contributed by atoms with Crippen molar-refractivity contribution >= 4 is 11.6 Å². The fourth-order valence-corrected chi connectivity index (χ4v) is 2.81. The molecule has 0 aliphatic carbocycles. The second-order valence-electron chi connectivity index (χ2n) is 5.53. The van der Waals surface area contributed by atoms with E-state index in [2.05, 4.69) is 15.4 Å². The number of nitrogens with one attached hydrogen (secondary N) is 1. The van der Waals surface area contributed by atoms with E-state index in [1.165, 1.54) is 0 Å². The third-order valence-corrected chi connectivity index (χ3v) is 4.02. The quantitative estimate of drug-likeness (QED) is 0.800. The van der Waals surface area contributed by atoms with Crippen molar-refractivity contribution in [3.8, 4) is 5.75 Å². The van der Waals surface area contributed by atoms with Crippen LogP contribution in [-0.4, -0.2) is 26.6 Å². The summed E-state index contributed by atoms with van der Waals surface area (Å²) < 4.78 is 7.49. The van der Waals surface area contributed by atoms with Gasteiger partial charge in [0.15, 0.2) is 11.8 Å². The molecule has 1 aliphatic rings. The number of benzene rings is 1. The molecular formula is C17H16N4O2. The van der Waals surface area contributed by atoms with Crippen LogP contribution in [0.4, 0.5) is 0 Å². The highest BCUT2D eigenvalue weighted by atomic mass is 16.5. The molecular weight excluding hydrogens is 292 g/mol. The van der Waals surface area contributed by atoms with E-state index in [-0.39, 0.29) is 5.91 Å². The van der Waals surface area contributed by atoms with Crippen LogP contribution in [0, 0.1) is 0 Å². The van der Waals surface area contributed by atoms with Crippen LogP contribution in [0.1, 0.15) is 17.5 Å². The molecule has 1 N–H and O–H groups in total. The number of ether oxygens (including phenoxy) is 1. The van der Waals surface area contributed by atoms with Gasteiger partial charge in [-0.05, 0) is 30.5 Å².